The number of amides is 2. The number of thioether (sulfide) groups is 1. The van der Waals surface area contributed by atoms with Crippen LogP contribution in [0.15, 0.2) is 47.4 Å². The summed E-state index contributed by atoms with van der Waals surface area (Å²) >= 11 is 6.93. The SMILES string of the molecule is NC(=O)CSc1ccccc1C(=O)Nc1cc(Cl)ccc1F. The number of rotatable bonds is 5. The lowest BCUT2D eigenvalue weighted by Gasteiger charge is -2.10. The minimum Gasteiger partial charge on any atom is -0.369 e. The van der Waals surface area contributed by atoms with Gasteiger partial charge in [-0.15, -0.1) is 11.8 Å². The van der Waals surface area contributed by atoms with Crippen LogP contribution in [0.3, 0.4) is 0 Å². The molecule has 0 aliphatic carbocycles. The number of hydrogen-bond acceptors (Lipinski definition) is 3. The van der Waals surface area contributed by atoms with Gasteiger partial charge in [0, 0.05) is 9.92 Å². The second-order valence-corrected chi connectivity index (χ2v) is 5.78. The Morgan fingerprint density at radius 3 is 2.68 bits per heavy atom. The number of nitrogens with two attached hydrogens (primary N) is 1. The number of nitrogens with one attached hydrogen (secondary N) is 1. The third-order valence-corrected chi connectivity index (χ3v) is 4.01. The number of carbonyl (C=O) groups excluding carboxylic acids is 2. The molecule has 4 nitrogen and oxygen atoms in total. The molecule has 0 saturated carbocycles. The second-order valence-electron chi connectivity index (χ2n) is 4.33. The summed E-state index contributed by atoms with van der Waals surface area (Å²) in [4.78, 5) is 23.7. The van der Waals surface area contributed by atoms with Crippen molar-refractivity contribution in [2.24, 2.45) is 5.73 Å². The van der Waals surface area contributed by atoms with Gasteiger partial charge in [-0.25, -0.2) is 4.39 Å². The van der Waals surface area contributed by atoms with Crippen molar-refractivity contribution in [3.05, 3.63) is 58.9 Å². The maximum Gasteiger partial charge on any atom is 0.256 e. The highest BCUT2D eigenvalue weighted by molar-refractivity contribution is 8.00. The summed E-state index contributed by atoms with van der Waals surface area (Å²) in [5, 5.41) is 2.78. The lowest BCUT2D eigenvalue weighted by molar-refractivity contribution is -0.115. The molecule has 0 bridgehead atoms. The lowest BCUT2D eigenvalue weighted by atomic mass is 10.2. The molecule has 0 heterocycles. The van der Waals surface area contributed by atoms with E-state index in [0.717, 1.165) is 11.8 Å². The first-order valence-corrected chi connectivity index (χ1v) is 7.60. The topological polar surface area (TPSA) is 72.2 Å². The van der Waals surface area contributed by atoms with Crippen molar-refractivity contribution in [1.29, 1.82) is 0 Å². The van der Waals surface area contributed by atoms with Gasteiger partial charge in [-0.2, -0.15) is 0 Å². The number of carbonyl (C=O) groups is 2. The standard InChI is InChI=1S/C15H12ClFN2O2S/c16-9-5-6-11(17)12(7-9)19-15(21)10-3-1-2-4-13(10)22-8-14(18)20/h1-7H,8H2,(H2,18,20)(H,19,21). The molecule has 3 N–H and O–H groups in total. The first-order chi connectivity index (χ1) is 10.5. The molecule has 0 radical (unpaired) electrons. The Morgan fingerprint density at radius 2 is 1.95 bits per heavy atom. The predicted molar refractivity (Wildman–Crippen MR) is 85.7 cm³/mol. The van der Waals surface area contributed by atoms with Crippen LogP contribution >= 0.6 is 23.4 Å². The molecular weight excluding hydrogens is 327 g/mol. The molecule has 22 heavy (non-hydrogen) atoms. The summed E-state index contributed by atoms with van der Waals surface area (Å²) in [5.74, 6) is -1.51. The molecule has 0 aliphatic heterocycles. The Balaban J connectivity index is 2.22. The second kappa shape index (κ2) is 7.29. The Morgan fingerprint density at radius 1 is 1.23 bits per heavy atom. The minimum absolute atomic E-state index is 0.00722. The molecular formula is C15H12ClFN2O2S. The van der Waals surface area contributed by atoms with Gasteiger partial charge >= 0.3 is 0 Å². The van der Waals surface area contributed by atoms with Gasteiger partial charge in [0.15, 0.2) is 0 Å². The molecule has 2 aromatic rings. The Bertz CT molecular complexity index is 724. The van der Waals surface area contributed by atoms with Crippen molar-refractivity contribution in [1.82, 2.24) is 0 Å². The van der Waals surface area contributed by atoms with Crippen LogP contribution in [-0.4, -0.2) is 17.6 Å². The predicted octanol–water partition coefficient (Wildman–Crippen LogP) is 3.31. The van der Waals surface area contributed by atoms with E-state index in [0.29, 0.717) is 15.5 Å². The van der Waals surface area contributed by atoms with Crippen molar-refractivity contribution in [3.63, 3.8) is 0 Å². The Hall–Kier alpha value is -2.05. The van der Waals surface area contributed by atoms with Crippen LogP contribution in [0.2, 0.25) is 5.02 Å². The van der Waals surface area contributed by atoms with Crippen molar-refractivity contribution < 1.29 is 14.0 Å². The molecule has 0 unspecified atom stereocenters. The highest BCUT2D eigenvalue weighted by Crippen LogP contribution is 2.25. The fourth-order valence-corrected chi connectivity index (χ4v) is 2.67. The average molecular weight is 339 g/mol. The maximum atomic E-state index is 13.7. The van der Waals surface area contributed by atoms with Crippen LogP contribution in [0.4, 0.5) is 10.1 Å². The first-order valence-electron chi connectivity index (χ1n) is 6.24. The fraction of sp³-hybridized carbons (Fsp3) is 0.0667. The normalized spacial score (nSPS) is 10.3. The minimum atomic E-state index is -0.583. The van der Waals surface area contributed by atoms with Gasteiger partial charge in [-0.1, -0.05) is 23.7 Å². The molecule has 0 spiro atoms. The van der Waals surface area contributed by atoms with Gasteiger partial charge in [-0.3, -0.25) is 9.59 Å². The number of benzene rings is 2. The quantitative estimate of drug-likeness (QED) is 0.821. The van der Waals surface area contributed by atoms with Crippen LogP contribution < -0.4 is 11.1 Å². The molecule has 7 heteroatoms. The highest BCUT2D eigenvalue weighted by Gasteiger charge is 2.14. The molecule has 114 valence electrons. The van der Waals surface area contributed by atoms with E-state index in [2.05, 4.69) is 5.32 Å². The summed E-state index contributed by atoms with van der Waals surface area (Å²) in [6, 6.07) is 10.6. The van der Waals surface area contributed by atoms with E-state index in [9.17, 15) is 14.0 Å². The van der Waals surface area contributed by atoms with E-state index < -0.39 is 17.6 Å². The lowest BCUT2D eigenvalue weighted by Crippen LogP contribution is -2.16. The third kappa shape index (κ3) is 4.22. The summed E-state index contributed by atoms with van der Waals surface area (Å²) in [6.45, 7) is 0. The summed E-state index contributed by atoms with van der Waals surface area (Å²) in [5.41, 5.74) is 5.42. The van der Waals surface area contributed by atoms with E-state index >= 15 is 0 Å². The molecule has 0 atom stereocenters. The van der Waals surface area contributed by atoms with Gasteiger partial charge in [0.25, 0.3) is 5.91 Å². The van der Waals surface area contributed by atoms with E-state index in [1.54, 1.807) is 24.3 Å². The molecule has 0 aromatic heterocycles. The number of primary amides is 1. The zero-order chi connectivity index (χ0) is 16.1. The van der Waals surface area contributed by atoms with Gasteiger partial charge in [0.05, 0.1) is 17.0 Å². The van der Waals surface area contributed by atoms with Crippen molar-refractivity contribution in [3.8, 4) is 0 Å². The van der Waals surface area contributed by atoms with Gasteiger partial charge in [0.2, 0.25) is 5.91 Å². The highest BCUT2D eigenvalue weighted by atomic mass is 35.5. The van der Waals surface area contributed by atoms with Crippen molar-refractivity contribution in [2.45, 2.75) is 4.90 Å². The Kier molecular flexibility index (Phi) is 5.41. The molecule has 0 saturated heterocycles. The van der Waals surface area contributed by atoms with E-state index in [1.165, 1.54) is 18.2 Å². The zero-order valence-electron chi connectivity index (χ0n) is 11.3. The van der Waals surface area contributed by atoms with Crippen molar-refractivity contribution >= 4 is 40.9 Å². The van der Waals surface area contributed by atoms with Gasteiger partial charge in [-0.05, 0) is 30.3 Å². The van der Waals surface area contributed by atoms with E-state index in [-0.39, 0.29) is 11.4 Å². The van der Waals surface area contributed by atoms with Crippen molar-refractivity contribution in [2.75, 3.05) is 11.1 Å². The van der Waals surface area contributed by atoms with Crippen LogP contribution in [0, 0.1) is 5.82 Å². The number of halogens is 2. The zero-order valence-corrected chi connectivity index (χ0v) is 12.9. The molecule has 0 aliphatic rings. The Labute approximate surface area is 135 Å². The van der Waals surface area contributed by atoms with E-state index in [1.807, 2.05) is 0 Å². The van der Waals surface area contributed by atoms with Crippen LogP contribution in [0.25, 0.3) is 0 Å². The molecule has 2 rings (SSSR count). The van der Waals surface area contributed by atoms with Crippen LogP contribution in [-0.2, 0) is 4.79 Å². The van der Waals surface area contributed by atoms with Crippen LogP contribution in [0.5, 0.6) is 0 Å². The van der Waals surface area contributed by atoms with Gasteiger partial charge in [0.1, 0.15) is 5.82 Å². The maximum absolute atomic E-state index is 13.7. The van der Waals surface area contributed by atoms with E-state index in [4.69, 9.17) is 17.3 Å². The molecule has 2 amide bonds. The summed E-state index contributed by atoms with van der Waals surface area (Å²) < 4.78 is 13.7. The smallest absolute Gasteiger partial charge is 0.256 e. The summed E-state index contributed by atoms with van der Waals surface area (Å²) in [6.07, 6.45) is 0. The number of hydrogen-bond donors (Lipinski definition) is 2. The molecule has 0 fully saturated rings. The van der Waals surface area contributed by atoms with Gasteiger partial charge < -0.3 is 11.1 Å². The first kappa shape index (κ1) is 16.3. The largest absolute Gasteiger partial charge is 0.369 e. The third-order valence-electron chi connectivity index (χ3n) is 2.68. The van der Waals surface area contributed by atoms with Crippen LogP contribution in [0.1, 0.15) is 10.4 Å². The molecule has 2 aromatic carbocycles. The summed E-state index contributed by atoms with van der Waals surface area (Å²) in [7, 11) is 0. The number of anilines is 1. The average Bonchev–Trinajstić information content (AvgIpc) is 2.49. The monoisotopic (exact) mass is 338 g/mol. The fourth-order valence-electron chi connectivity index (χ4n) is 1.71.